The Bertz CT molecular complexity index is 1030. The first-order valence-corrected chi connectivity index (χ1v) is 10.2. The lowest BCUT2D eigenvalue weighted by atomic mass is 10.2. The van der Waals surface area contributed by atoms with Crippen molar-refractivity contribution < 1.29 is 18.3 Å². The third-order valence-electron chi connectivity index (χ3n) is 3.18. The molecule has 0 amide bonds. The molecule has 0 unspecified atom stereocenters. The number of hydrogen-bond acceptors (Lipinski definition) is 7. The number of aromatic carboxylic acids is 1. The largest absolute Gasteiger partial charge is 0.545 e. The third-order valence-corrected chi connectivity index (χ3v) is 6.56. The second-order valence-electron chi connectivity index (χ2n) is 4.79. The van der Waals surface area contributed by atoms with E-state index in [4.69, 9.17) is 0 Å². The van der Waals surface area contributed by atoms with Crippen molar-refractivity contribution in [3.8, 4) is 0 Å². The second-order valence-corrected chi connectivity index (χ2v) is 8.55. The minimum atomic E-state index is -3.90. The van der Waals surface area contributed by atoms with E-state index in [1.54, 1.807) is 18.2 Å². The summed E-state index contributed by atoms with van der Waals surface area (Å²) in [4.78, 5) is 15.1. The average Bonchev–Trinajstić information content (AvgIpc) is 2.97. The lowest BCUT2D eigenvalue weighted by Crippen LogP contribution is -2.23. The van der Waals surface area contributed by atoms with Gasteiger partial charge >= 0.3 is 0 Å². The average molecular weight is 379 g/mol. The zero-order valence-electron chi connectivity index (χ0n) is 12.3. The van der Waals surface area contributed by atoms with Crippen LogP contribution in [0.5, 0.6) is 0 Å². The molecule has 1 heterocycles. The SMILES string of the molecule is CSc1nc2ccc(NS(=O)(=O)c3cccc(C(=O)[O-])c3)cc2s1. The molecule has 0 atom stereocenters. The number of carbonyl (C=O) groups excluding carboxylic acids is 1. The first-order valence-electron chi connectivity index (χ1n) is 6.68. The van der Waals surface area contributed by atoms with Crippen molar-refractivity contribution in [2.45, 2.75) is 9.24 Å². The fourth-order valence-corrected chi connectivity index (χ4v) is 4.68. The highest BCUT2D eigenvalue weighted by Crippen LogP contribution is 2.30. The topological polar surface area (TPSA) is 99.2 Å². The van der Waals surface area contributed by atoms with Gasteiger partial charge in [-0.3, -0.25) is 4.72 Å². The quantitative estimate of drug-likeness (QED) is 0.682. The maximum atomic E-state index is 12.4. The lowest BCUT2D eigenvalue weighted by molar-refractivity contribution is -0.255. The molecule has 1 aromatic heterocycles. The molecule has 3 rings (SSSR count). The van der Waals surface area contributed by atoms with Crippen LogP contribution in [0.15, 0.2) is 51.7 Å². The highest BCUT2D eigenvalue weighted by atomic mass is 32.2. The molecule has 0 radical (unpaired) electrons. The van der Waals surface area contributed by atoms with E-state index in [1.165, 1.54) is 41.3 Å². The van der Waals surface area contributed by atoms with Gasteiger partial charge in [-0.05, 0) is 42.2 Å². The Labute approximate surface area is 146 Å². The molecule has 124 valence electrons. The van der Waals surface area contributed by atoms with Gasteiger partial charge in [0.25, 0.3) is 10.0 Å². The summed E-state index contributed by atoms with van der Waals surface area (Å²) in [7, 11) is -3.90. The van der Waals surface area contributed by atoms with Crippen LogP contribution >= 0.6 is 23.1 Å². The highest BCUT2D eigenvalue weighted by molar-refractivity contribution is 8.00. The van der Waals surface area contributed by atoms with E-state index in [-0.39, 0.29) is 10.5 Å². The smallest absolute Gasteiger partial charge is 0.261 e. The summed E-state index contributed by atoms with van der Waals surface area (Å²) in [5.41, 5.74) is 0.990. The van der Waals surface area contributed by atoms with Gasteiger partial charge in [-0.25, -0.2) is 13.4 Å². The molecular formula is C15H11N2O4S3-. The standard InChI is InChI=1S/C15H12N2O4S3/c1-22-15-16-12-6-5-10(8-13(12)23-15)17-24(20,21)11-4-2-3-9(7-11)14(18)19/h2-8,17H,1H3,(H,18,19)/p-1. The van der Waals surface area contributed by atoms with Crippen molar-refractivity contribution >= 4 is 55.0 Å². The number of aromatic nitrogens is 1. The van der Waals surface area contributed by atoms with Crippen LogP contribution in [-0.4, -0.2) is 25.6 Å². The number of hydrogen-bond donors (Lipinski definition) is 1. The van der Waals surface area contributed by atoms with Crippen molar-refractivity contribution in [2.24, 2.45) is 0 Å². The number of carboxylic acid groups (broad SMARTS) is 1. The van der Waals surface area contributed by atoms with E-state index in [1.807, 2.05) is 6.26 Å². The normalized spacial score (nSPS) is 11.5. The third kappa shape index (κ3) is 3.37. The Morgan fingerprint density at radius 2 is 2.04 bits per heavy atom. The molecule has 0 spiro atoms. The first-order chi connectivity index (χ1) is 11.4. The number of carboxylic acids is 1. The predicted molar refractivity (Wildman–Crippen MR) is 93.0 cm³/mol. The van der Waals surface area contributed by atoms with Gasteiger partial charge in [0.15, 0.2) is 4.34 Å². The Morgan fingerprint density at radius 1 is 1.25 bits per heavy atom. The van der Waals surface area contributed by atoms with Crippen molar-refractivity contribution in [3.05, 3.63) is 48.0 Å². The fourth-order valence-electron chi connectivity index (χ4n) is 2.06. The van der Waals surface area contributed by atoms with E-state index in [0.717, 1.165) is 20.6 Å². The molecule has 9 heteroatoms. The van der Waals surface area contributed by atoms with Crippen molar-refractivity contribution in [3.63, 3.8) is 0 Å². The lowest BCUT2D eigenvalue weighted by Gasteiger charge is -2.10. The number of fused-ring (bicyclic) bond motifs is 1. The number of nitrogens with zero attached hydrogens (tertiary/aromatic N) is 1. The van der Waals surface area contributed by atoms with Gasteiger partial charge in [0, 0.05) is 0 Å². The number of thioether (sulfide) groups is 1. The Kier molecular flexibility index (Phi) is 4.48. The molecule has 2 aromatic carbocycles. The number of anilines is 1. The van der Waals surface area contributed by atoms with Crippen molar-refractivity contribution in [2.75, 3.05) is 11.0 Å². The molecule has 0 aliphatic carbocycles. The molecule has 0 bridgehead atoms. The Balaban J connectivity index is 1.94. The van der Waals surface area contributed by atoms with Gasteiger partial charge in [-0.1, -0.05) is 23.9 Å². The maximum absolute atomic E-state index is 12.4. The van der Waals surface area contributed by atoms with E-state index >= 15 is 0 Å². The molecular weight excluding hydrogens is 368 g/mol. The van der Waals surface area contributed by atoms with Crippen LogP contribution < -0.4 is 9.83 Å². The molecule has 0 fully saturated rings. The minimum Gasteiger partial charge on any atom is -0.545 e. The monoisotopic (exact) mass is 379 g/mol. The number of benzene rings is 2. The van der Waals surface area contributed by atoms with Crippen LogP contribution in [0.3, 0.4) is 0 Å². The van der Waals surface area contributed by atoms with E-state index in [2.05, 4.69) is 9.71 Å². The van der Waals surface area contributed by atoms with Gasteiger partial charge in [-0.2, -0.15) is 0 Å². The van der Waals surface area contributed by atoms with E-state index < -0.39 is 16.0 Å². The molecule has 0 saturated heterocycles. The summed E-state index contributed by atoms with van der Waals surface area (Å²) in [5, 5.41) is 10.9. The molecule has 0 aliphatic rings. The van der Waals surface area contributed by atoms with Crippen LogP contribution in [0.1, 0.15) is 10.4 Å². The summed E-state index contributed by atoms with van der Waals surface area (Å²) in [5.74, 6) is -1.43. The summed E-state index contributed by atoms with van der Waals surface area (Å²) in [6, 6.07) is 10.1. The minimum absolute atomic E-state index is 0.140. The number of thiazole rings is 1. The molecule has 0 saturated carbocycles. The first kappa shape index (κ1) is 16.7. The molecule has 24 heavy (non-hydrogen) atoms. The zero-order valence-corrected chi connectivity index (χ0v) is 14.8. The molecule has 0 aliphatic heterocycles. The van der Waals surface area contributed by atoms with E-state index in [0.29, 0.717) is 5.69 Å². The van der Waals surface area contributed by atoms with Crippen LogP contribution in [0.25, 0.3) is 10.2 Å². The van der Waals surface area contributed by atoms with Crippen LogP contribution in [0, 0.1) is 0 Å². The van der Waals surface area contributed by atoms with Gasteiger partial charge < -0.3 is 9.90 Å². The summed E-state index contributed by atoms with van der Waals surface area (Å²) < 4.78 is 29.1. The number of rotatable bonds is 5. The molecule has 3 aromatic rings. The molecule has 1 N–H and O–H groups in total. The number of sulfonamides is 1. The van der Waals surface area contributed by atoms with Crippen molar-refractivity contribution in [1.29, 1.82) is 0 Å². The van der Waals surface area contributed by atoms with Gasteiger partial charge in [0.05, 0.1) is 26.8 Å². The summed E-state index contributed by atoms with van der Waals surface area (Å²) >= 11 is 2.99. The van der Waals surface area contributed by atoms with Gasteiger partial charge in [0.2, 0.25) is 0 Å². The van der Waals surface area contributed by atoms with Gasteiger partial charge in [-0.15, -0.1) is 11.3 Å². The van der Waals surface area contributed by atoms with Crippen LogP contribution in [0.2, 0.25) is 0 Å². The highest BCUT2D eigenvalue weighted by Gasteiger charge is 2.15. The van der Waals surface area contributed by atoms with Gasteiger partial charge in [0.1, 0.15) is 0 Å². The van der Waals surface area contributed by atoms with E-state index in [9.17, 15) is 18.3 Å². The molecule has 6 nitrogen and oxygen atoms in total. The summed E-state index contributed by atoms with van der Waals surface area (Å²) in [6.07, 6.45) is 1.92. The zero-order chi connectivity index (χ0) is 17.3. The maximum Gasteiger partial charge on any atom is 0.261 e. The Morgan fingerprint density at radius 3 is 2.75 bits per heavy atom. The van der Waals surface area contributed by atoms with Crippen LogP contribution in [0.4, 0.5) is 5.69 Å². The number of nitrogens with one attached hydrogen (secondary N) is 1. The predicted octanol–water partition coefficient (Wildman–Crippen LogP) is 2.18. The van der Waals surface area contributed by atoms with Crippen molar-refractivity contribution in [1.82, 2.24) is 4.98 Å². The summed E-state index contributed by atoms with van der Waals surface area (Å²) in [6.45, 7) is 0. The van der Waals surface area contributed by atoms with Crippen LogP contribution in [-0.2, 0) is 10.0 Å². The number of carbonyl (C=O) groups is 1. The fraction of sp³-hybridized carbons (Fsp3) is 0.0667. The second kappa shape index (κ2) is 6.42. The Hall–Kier alpha value is -2.10.